The number of fused-ring (bicyclic) bond motifs is 4. The number of hydrogen-bond acceptors (Lipinski definition) is 2. The summed E-state index contributed by atoms with van der Waals surface area (Å²) in [7, 11) is 0. The summed E-state index contributed by atoms with van der Waals surface area (Å²) in [5.41, 5.74) is 21.2. The molecule has 0 N–H and O–H groups in total. The fraction of sp³-hybridized carbons (Fsp3) is 0.143. The highest BCUT2D eigenvalue weighted by molar-refractivity contribution is 7.00. The van der Waals surface area contributed by atoms with Gasteiger partial charge in [-0.3, -0.25) is 0 Å². The summed E-state index contributed by atoms with van der Waals surface area (Å²) in [4.78, 5) is 5.38. The van der Waals surface area contributed by atoms with E-state index in [0.29, 0.717) is 0 Å². The van der Waals surface area contributed by atoms with Gasteiger partial charge in [0, 0.05) is 35.8 Å². The van der Waals surface area contributed by atoms with Crippen molar-refractivity contribution in [1.29, 1.82) is 0 Å². The molecular formula is C42H33BN2. The summed E-state index contributed by atoms with van der Waals surface area (Å²) < 4.78 is 0. The molecule has 0 atom stereocenters. The molecule has 4 aliphatic heterocycles. The molecule has 0 spiro atoms. The van der Waals surface area contributed by atoms with Gasteiger partial charge >= 0.3 is 0 Å². The van der Waals surface area contributed by atoms with Crippen LogP contribution >= 0.6 is 0 Å². The van der Waals surface area contributed by atoms with Crippen LogP contribution in [0.4, 0.5) is 22.7 Å². The van der Waals surface area contributed by atoms with Gasteiger partial charge in [0.05, 0.1) is 0 Å². The molecule has 0 aliphatic carbocycles. The van der Waals surface area contributed by atoms with Crippen LogP contribution in [-0.2, 0) is 12.8 Å². The Morgan fingerprint density at radius 2 is 0.889 bits per heavy atom. The van der Waals surface area contributed by atoms with E-state index >= 15 is 0 Å². The van der Waals surface area contributed by atoms with E-state index in [-0.39, 0.29) is 6.71 Å². The summed E-state index contributed by atoms with van der Waals surface area (Å²) in [6.07, 6.45) is 4.56. The molecule has 3 heteroatoms. The largest absolute Gasteiger partial charge is 0.342 e. The molecule has 0 saturated carbocycles. The van der Waals surface area contributed by atoms with Crippen molar-refractivity contribution in [2.75, 3.05) is 22.9 Å². The van der Waals surface area contributed by atoms with E-state index in [9.17, 15) is 0 Å². The molecule has 0 saturated heterocycles. The van der Waals surface area contributed by atoms with Crippen molar-refractivity contribution in [2.24, 2.45) is 0 Å². The molecule has 6 aromatic carbocycles. The molecule has 2 nitrogen and oxygen atoms in total. The van der Waals surface area contributed by atoms with Gasteiger partial charge in [-0.2, -0.15) is 0 Å². The molecule has 0 unspecified atom stereocenters. The quantitative estimate of drug-likeness (QED) is 0.197. The van der Waals surface area contributed by atoms with Crippen molar-refractivity contribution in [3.05, 3.63) is 139 Å². The summed E-state index contributed by atoms with van der Waals surface area (Å²) in [6.45, 7) is 2.34. The van der Waals surface area contributed by atoms with Crippen LogP contribution < -0.4 is 26.2 Å². The topological polar surface area (TPSA) is 6.48 Å². The maximum absolute atomic E-state index is 2.69. The Kier molecular flexibility index (Phi) is 5.48. The van der Waals surface area contributed by atoms with Crippen LogP contribution in [0.15, 0.2) is 127 Å². The highest BCUT2D eigenvalue weighted by Gasteiger charge is 2.45. The van der Waals surface area contributed by atoms with Crippen molar-refractivity contribution in [3.63, 3.8) is 0 Å². The van der Waals surface area contributed by atoms with Crippen molar-refractivity contribution in [1.82, 2.24) is 0 Å². The molecule has 10 rings (SSSR count). The first-order valence-corrected chi connectivity index (χ1v) is 16.6. The van der Waals surface area contributed by atoms with Crippen LogP contribution in [0.2, 0.25) is 0 Å². The third kappa shape index (κ3) is 3.64. The summed E-state index contributed by atoms with van der Waals surface area (Å²) in [5, 5.41) is 0. The normalized spacial score (nSPS) is 15.3. The van der Waals surface area contributed by atoms with Gasteiger partial charge in [0.2, 0.25) is 0 Å². The number of hydrogen-bond donors (Lipinski definition) is 0. The SMILES string of the molecule is c1ccc(-c2cc3c4c(c2)N2CCCc5c(-c6ccccc6)ccc(c52)B4c2ccc(-c4ccccc4)c4c2N3CCC4)cc1. The monoisotopic (exact) mass is 576 g/mol. The van der Waals surface area contributed by atoms with Crippen molar-refractivity contribution in [2.45, 2.75) is 25.7 Å². The summed E-state index contributed by atoms with van der Waals surface area (Å²) >= 11 is 0. The van der Waals surface area contributed by atoms with E-state index in [0.717, 1.165) is 38.8 Å². The van der Waals surface area contributed by atoms with Gasteiger partial charge in [0.25, 0.3) is 6.71 Å². The molecule has 4 heterocycles. The van der Waals surface area contributed by atoms with Crippen LogP contribution in [0.25, 0.3) is 33.4 Å². The maximum atomic E-state index is 2.69. The Morgan fingerprint density at radius 3 is 1.36 bits per heavy atom. The fourth-order valence-corrected chi connectivity index (χ4v) is 8.87. The minimum absolute atomic E-state index is 0.223. The van der Waals surface area contributed by atoms with E-state index in [1.807, 2.05) is 0 Å². The van der Waals surface area contributed by atoms with Crippen LogP contribution in [-0.4, -0.2) is 19.8 Å². The van der Waals surface area contributed by atoms with E-state index in [1.165, 1.54) is 83.6 Å². The molecule has 0 radical (unpaired) electrons. The number of rotatable bonds is 3. The zero-order chi connectivity index (χ0) is 29.5. The second kappa shape index (κ2) is 9.74. The maximum Gasteiger partial charge on any atom is 0.252 e. The van der Waals surface area contributed by atoms with Gasteiger partial charge in [-0.15, -0.1) is 0 Å². The lowest BCUT2D eigenvalue weighted by Crippen LogP contribution is -2.63. The zero-order valence-corrected chi connectivity index (χ0v) is 25.3. The number of nitrogens with zero attached hydrogens (tertiary/aromatic N) is 2. The lowest BCUT2D eigenvalue weighted by Gasteiger charge is -2.48. The minimum atomic E-state index is 0.223. The average molecular weight is 577 g/mol. The molecule has 0 aromatic heterocycles. The van der Waals surface area contributed by atoms with Gasteiger partial charge in [-0.25, -0.2) is 0 Å². The number of benzene rings is 6. The molecule has 0 bridgehead atoms. The molecule has 214 valence electrons. The standard InChI is InChI=1S/C42H33BN2/c1-4-12-28(13-5-1)31-26-38-40-39(27-31)45-25-11-19-35-33(30-16-8-3-9-17-30)21-23-37(42(35)45)43(40)36-22-20-32(29-14-6-2-7-15-29)34-18-10-24-44(38)41(34)36/h1-9,12-17,20-23,26-27H,10-11,18-19,24-25H2. The van der Waals surface area contributed by atoms with E-state index in [1.54, 1.807) is 0 Å². The Morgan fingerprint density at radius 1 is 0.444 bits per heavy atom. The molecule has 0 amide bonds. The molecule has 6 aromatic rings. The average Bonchev–Trinajstić information content (AvgIpc) is 3.12. The minimum Gasteiger partial charge on any atom is -0.342 e. The van der Waals surface area contributed by atoms with Crippen molar-refractivity contribution >= 4 is 45.9 Å². The Labute approximate surface area is 265 Å². The van der Waals surface area contributed by atoms with Gasteiger partial charge in [-0.1, -0.05) is 115 Å². The first kappa shape index (κ1) is 25.3. The second-order valence-corrected chi connectivity index (χ2v) is 13.0. The molecule has 0 fully saturated rings. The van der Waals surface area contributed by atoms with Gasteiger partial charge < -0.3 is 9.80 Å². The fourth-order valence-electron chi connectivity index (χ4n) is 8.87. The van der Waals surface area contributed by atoms with Crippen molar-refractivity contribution in [3.8, 4) is 33.4 Å². The molecular weight excluding hydrogens is 543 g/mol. The smallest absolute Gasteiger partial charge is 0.252 e. The predicted octanol–water partition coefficient (Wildman–Crippen LogP) is 8.00. The molecule has 4 aliphatic rings. The lowest BCUT2D eigenvalue weighted by molar-refractivity contribution is 0.763. The van der Waals surface area contributed by atoms with Gasteiger partial charge in [0.15, 0.2) is 0 Å². The second-order valence-electron chi connectivity index (χ2n) is 13.0. The zero-order valence-electron chi connectivity index (χ0n) is 25.3. The van der Waals surface area contributed by atoms with Crippen LogP contribution in [0, 0.1) is 0 Å². The third-order valence-corrected chi connectivity index (χ3v) is 10.7. The van der Waals surface area contributed by atoms with Crippen molar-refractivity contribution < 1.29 is 0 Å². The third-order valence-electron chi connectivity index (χ3n) is 10.7. The van der Waals surface area contributed by atoms with Gasteiger partial charge in [0.1, 0.15) is 0 Å². The first-order valence-electron chi connectivity index (χ1n) is 16.6. The molecule has 45 heavy (non-hydrogen) atoms. The van der Waals surface area contributed by atoms with E-state index in [4.69, 9.17) is 0 Å². The van der Waals surface area contributed by atoms with Gasteiger partial charge in [-0.05, 0) is 98.7 Å². The Balaban J connectivity index is 1.29. The van der Waals surface area contributed by atoms with Crippen LogP contribution in [0.5, 0.6) is 0 Å². The van der Waals surface area contributed by atoms with Crippen LogP contribution in [0.3, 0.4) is 0 Å². The number of anilines is 4. The summed E-state index contributed by atoms with van der Waals surface area (Å²) in [6, 6.07) is 47.8. The lowest BCUT2D eigenvalue weighted by atomic mass is 9.33. The summed E-state index contributed by atoms with van der Waals surface area (Å²) in [5.74, 6) is 0. The van der Waals surface area contributed by atoms with E-state index in [2.05, 4.69) is 137 Å². The highest BCUT2D eigenvalue weighted by atomic mass is 15.2. The Hall–Kier alpha value is -5.02. The predicted molar refractivity (Wildman–Crippen MR) is 191 cm³/mol. The first-order chi connectivity index (χ1) is 22.3. The van der Waals surface area contributed by atoms with E-state index < -0.39 is 0 Å². The van der Waals surface area contributed by atoms with Crippen LogP contribution in [0.1, 0.15) is 24.0 Å². The Bertz CT molecular complexity index is 1990. The highest BCUT2D eigenvalue weighted by Crippen LogP contribution is 2.47.